The third kappa shape index (κ3) is 3.26. The second-order valence-electron chi connectivity index (χ2n) is 6.07. The maximum Gasteiger partial charge on any atom is 0.223 e. The number of piperazine rings is 1. The third-order valence-electron chi connectivity index (χ3n) is 4.32. The van der Waals surface area contributed by atoms with E-state index in [0.717, 1.165) is 49.6 Å². The molecule has 2 aromatic heterocycles. The normalized spacial score (nSPS) is 16.0. The highest BCUT2D eigenvalue weighted by Crippen LogP contribution is 2.23. The van der Waals surface area contributed by atoms with Crippen LogP contribution >= 0.6 is 0 Å². The van der Waals surface area contributed by atoms with Gasteiger partial charge in [0.25, 0.3) is 0 Å². The molecule has 0 radical (unpaired) electrons. The molecule has 3 rings (SSSR count). The molecule has 0 bridgehead atoms. The summed E-state index contributed by atoms with van der Waals surface area (Å²) in [6, 6.07) is 0. The lowest BCUT2D eigenvalue weighted by molar-refractivity contribution is -0.129. The van der Waals surface area contributed by atoms with E-state index >= 15 is 0 Å². The topological polar surface area (TPSA) is 70.4 Å². The smallest absolute Gasteiger partial charge is 0.223 e. The van der Waals surface area contributed by atoms with E-state index in [-0.39, 0.29) is 5.91 Å². The number of anilines is 1. The Kier molecular flexibility index (Phi) is 4.42. The predicted octanol–water partition coefficient (Wildman–Crippen LogP) is -0.0364. The van der Waals surface area contributed by atoms with E-state index in [1.165, 1.54) is 0 Å². The van der Waals surface area contributed by atoms with Gasteiger partial charge in [0, 0.05) is 60.3 Å². The lowest BCUT2D eigenvalue weighted by atomic mass is 10.2. The monoisotopic (exact) mass is 317 g/mol. The molecule has 0 N–H and O–H groups in total. The largest absolute Gasteiger partial charge is 0.353 e. The van der Waals surface area contributed by atoms with Crippen molar-refractivity contribution in [3.05, 3.63) is 12.5 Å². The van der Waals surface area contributed by atoms with E-state index in [2.05, 4.69) is 24.9 Å². The van der Waals surface area contributed by atoms with Crippen LogP contribution in [0.5, 0.6) is 0 Å². The van der Waals surface area contributed by atoms with Gasteiger partial charge in [-0.3, -0.25) is 14.4 Å². The summed E-state index contributed by atoms with van der Waals surface area (Å²) in [5, 5.41) is 5.26. The number of carbonyl (C=O) groups excluding carboxylic acids is 1. The lowest BCUT2D eigenvalue weighted by Crippen LogP contribution is -2.47. The van der Waals surface area contributed by atoms with Gasteiger partial charge >= 0.3 is 0 Å². The highest BCUT2D eigenvalue weighted by Gasteiger charge is 2.21. The summed E-state index contributed by atoms with van der Waals surface area (Å²) < 4.78 is 1.77. The summed E-state index contributed by atoms with van der Waals surface area (Å²) in [6.07, 6.45) is 4.00. The van der Waals surface area contributed by atoms with Gasteiger partial charge in [-0.2, -0.15) is 5.10 Å². The molecule has 8 nitrogen and oxygen atoms in total. The van der Waals surface area contributed by atoms with Crippen molar-refractivity contribution in [2.75, 3.05) is 51.7 Å². The molecule has 3 heterocycles. The molecule has 1 amide bonds. The van der Waals surface area contributed by atoms with Crippen molar-refractivity contribution in [2.45, 2.75) is 6.42 Å². The number of carbonyl (C=O) groups is 1. The molecular formula is C15H23N7O. The number of rotatable bonds is 4. The van der Waals surface area contributed by atoms with Crippen molar-refractivity contribution in [3.8, 4) is 0 Å². The zero-order valence-electron chi connectivity index (χ0n) is 13.9. The molecule has 0 aliphatic carbocycles. The van der Waals surface area contributed by atoms with E-state index < -0.39 is 0 Å². The Labute approximate surface area is 135 Å². The summed E-state index contributed by atoms with van der Waals surface area (Å²) in [4.78, 5) is 26.7. The van der Waals surface area contributed by atoms with Gasteiger partial charge in [0.05, 0.1) is 11.6 Å². The summed E-state index contributed by atoms with van der Waals surface area (Å²) in [7, 11) is 5.49. The Bertz CT molecular complexity index is 688. The molecule has 0 unspecified atom stereocenters. The molecule has 0 saturated carbocycles. The molecule has 2 aromatic rings. The maximum absolute atomic E-state index is 11.7. The highest BCUT2D eigenvalue weighted by molar-refractivity contribution is 5.86. The van der Waals surface area contributed by atoms with Crippen LogP contribution < -0.4 is 4.90 Å². The van der Waals surface area contributed by atoms with Crippen molar-refractivity contribution in [3.63, 3.8) is 0 Å². The third-order valence-corrected chi connectivity index (χ3v) is 4.32. The molecule has 1 fully saturated rings. The first kappa shape index (κ1) is 15.7. The van der Waals surface area contributed by atoms with Gasteiger partial charge in [0.1, 0.15) is 12.1 Å². The van der Waals surface area contributed by atoms with Crippen LogP contribution in [0.3, 0.4) is 0 Å². The molecule has 1 aliphatic heterocycles. The molecule has 0 atom stereocenters. The van der Waals surface area contributed by atoms with Crippen molar-refractivity contribution < 1.29 is 4.79 Å². The van der Waals surface area contributed by atoms with Gasteiger partial charge in [0.2, 0.25) is 5.91 Å². The fourth-order valence-electron chi connectivity index (χ4n) is 2.86. The SMILES string of the molecule is CN(C)C(=O)CCN1CCN(c2ncnc3c2cnn3C)CC1. The predicted molar refractivity (Wildman–Crippen MR) is 88.3 cm³/mol. The van der Waals surface area contributed by atoms with Gasteiger partial charge < -0.3 is 9.80 Å². The van der Waals surface area contributed by atoms with Crippen molar-refractivity contribution in [1.82, 2.24) is 29.5 Å². The first-order valence-corrected chi connectivity index (χ1v) is 7.86. The van der Waals surface area contributed by atoms with Crippen LogP contribution in [0.25, 0.3) is 11.0 Å². The number of nitrogens with zero attached hydrogens (tertiary/aromatic N) is 7. The maximum atomic E-state index is 11.7. The molecule has 8 heteroatoms. The van der Waals surface area contributed by atoms with Gasteiger partial charge in [-0.25, -0.2) is 9.97 Å². The minimum atomic E-state index is 0.181. The van der Waals surface area contributed by atoms with Gasteiger partial charge in [-0.15, -0.1) is 0 Å². The van der Waals surface area contributed by atoms with Gasteiger partial charge in [0.15, 0.2) is 5.65 Å². The van der Waals surface area contributed by atoms with Crippen molar-refractivity contribution in [1.29, 1.82) is 0 Å². The molecule has 23 heavy (non-hydrogen) atoms. The second kappa shape index (κ2) is 6.49. The van der Waals surface area contributed by atoms with Crippen LogP contribution in [-0.4, -0.2) is 82.3 Å². The molecular weight excluding hydrogens is 294 g/mol. The second-order valence-corrected chi connectivity index (χ2v) is 6.07. The van der Waals surface area contributed by atoms with Gasteiger partial charge in [-0.1, -0.05) is 0 Å². The minimum Gasteiger partial charge on any atom is -0.353 e. The van der Waals surface area contributed by atoms with Crippen LogP contribution in [-0.2, 0) is 11.8 Å². The van der Waals surface area contributed by atoms with E-state index in [9.17, 15) is 4.79 Å². The van der Waals surface area contributed by atoms with Crippen LogP contribution in [0.2, 0.25) is 0 Å². The summed E-state index contributed by atoms with van der Waals surface area (Å²) in [5.74, 6) is 1.13. The van der Waals surface area contributed by atoms with Crippen molar-refractivity contribution >= 4 is 22.8 Å². The van der Waals surface area contributed by atoms with Crippen LogP contribution in [0.4, 0.5) is 5.82 Å². The highest BCUT2D eigenvalue weighted by atomic mass is 16.2. The number of hydrogen-bond donors (Lipinski definition) is 0. The van der Waals surface area contributed by atoms with Crippen LogP contribution in [0, 0.1) is 0 Å². The lowest BCUT2D eigenvalue weighted by Gasteiger charge is -2.35. The first-order chi connectivity index (χ1) is 11.1. The standard InChI is InChI=1S/C15H23N7O/c1-19(2)13(23)4-5-21-6-8-22(9-7-21)15-12-10-18-20(3)14(12)16-11-17-15/h10-11H,4-9H2,1-3H3. The minimum absolute atomic E-state index is 0.181. The van der Waals surface area contributed by atoms with Crippen molar-refractivity contribution in [2.24, 2.45) is 7.05 Å². The molecule has 124 valence electrons. The van der Waals surface area contributed by atoms with Gasteiger partial charge in [-0.05, 0) is 0 Å². The number of aryl methyl sites for hydroxylation is 1. The Balaban J connectivity index is 1.61. The number of amides is 1. The molecule has 0 spiro atoms. The zero-order chi connectivity index (χ0) is 16.4. The average Bonchev–Trinajstić information content (AvgIpc) is 2.94. The first-order valence-electron chi connectivity index (χ1n) is 7.86. The fourth-order valence-corrected chi connectivity index (χ4v) is 2.86. The number of aromatic nitrogens is 4. The number of fused-ring (bicyclic) bond motifs is 1. The van der Waals surface area contributed by atoms with Crippen LogP contribution in [0.1, 0.15) is 6.42 Å². The van der Waals surface area contributed by atoms with E-state index in [4.69, 9.17) is 0 Å². The fraction of sp³-hybridized carbons (Fsp3) is 0.600. The number of hydrogen-bond acceptors (Lipinski definition) is 6. The molecule has 1 aliphatic rings. The Morgan fingerprint density at radius 2 is 1.96 bits per heavy atom. The zero-order valence-corrected chi connectivity index (χ0v) is 13.9. The van der Waals surface area contributed by atoms with E-state index in [0.29, 0.717) is 6.42 Å². The Morgan fingerprint density at radius 1 is 1.22 bits per heavy atom. The van der Waals surface area contributed by atoms with E-state index in [1.807, 2.05) is 13.2 Å². The Morgan fingerprint density at radius 3 is 2.65 bits per heavy atom. The van der Waals surface area contributed by atoms with Crippen LogP contribution in [0.15, 0.2) is 12.5 Å². The summed E-state index contributed by atoms with van der Waals surface area (Å²) in [5.41, 5.74) is 0.856. The van der Waals surface area contributed by atoms with E-state index in [1.54, 1.807) is 30.0 Å². The quantitative estimate of drug-likeness (QED) is 0.788. The summed E-state index contributed by atoms with van der Waals surface area (Å²) >= 11 is 0. The Hall–Kier alpha value is -2.22. The summed E-state index contributed by atoms with van der Waals surface area (Å²) in [6.45, 7) is 4.49. The average molecular weight is 317 g/mol. The molecule has 1 saturated heterocycles. The molecule has 0 aromatic carbocycles.